The van der Waals surface area contributed by atoms with E-state index < -0.39 is 24.0 Å². The Morgan fingerprint density at radius 2 is 1.70 bits per heavy atom. The van der Waals surface area contributed by atoms with E-state index in [-0.39, 0.29) is 12.2 Å². The fraction of sp³-hybridized carbons (Fsp3) is 0.278. The Kier molecular flexibility index (Phi) is 11.3. The van der Waals surface area contributed by atoms with Crippen molar-refractivity contribution in [1.82, 2.24) is 15.6 Å². The van der Waals surface area contributed by atoms with Crippen LogP contribution in [-0.2, 0) is 20.7 Å². The molecule has 0 unspecified atom stereocenters. The summed E-state index contributed by atoms with van der Waals surface area (Å²) in [6, 6.07) is 30.9. The quantitative estimate of drug-likeness (QED) is 0.206. The summed E-state index contributed by atoms with van der Waals surface area (Å²) in [4.78, 5) is 31.1. The number of hydrogen-bond acceptors (Lipinski definition) is 8. The molecule has 0 saturated carbocycles. The van der Waals surface area contributed by atoms with Gasteiger partial charge in [0.05, 0.1) is 36.2 Å². The first-order valence-electron chi connectivity index (χ1n) is 15.2. The van der Waals surface area contributed by atoms with Crippen molar-refractivity contribution in [1.29, 1.82) is 5.26 Å². The number of alkyl carbamates (subject to hydrolysis) is 1. The second kappa shape index (κ2) is 16.2. The minimum absolute atomic E-state index is 0.0902. The zero-order valence-electron chi connectivity index (χ0n) is 25.6. The van der Waals surface area contributed by atoms with Gasteiger partial charge in [0.2, 0.25) is 5.91 Å². The van der Waals surface area contributed by atoms with Crippen molar-refractivity contribution < 1.29 is 23.8 Å². The highest BCUT2D eigenvalue weighted by Crippen LogP contribution is 2.30. The van der Waals surface area contributed by atoms with Crippen LogP contribution >= 0.6 is 0 Å². The van der Waals surface area contributed by atoms with Gasteiger partial charge in [-0.1, -0.05) is 66.7 Å². The number of anilines is 1. The lowest BCUT2D eigenvalue weighted by molar-refractivity contribution is -0.118. The van der Waals surface area contributed by atoms with Gasteiger partial charge in [0, 0.05) is 25.2 Å². The molecular formula is C36H37N5O5. The van der Waals surface area contributed by atoms with Crippen LogP contribution in [0.3, 0.4) is 0 Å². The summed E-state index contributed by atoms with van der Waals surface area (Å²) in [5.41, 5.74) is 3.55. The van der Waals surface area contributed by atoms with Crippen LogP contribution in [0, 0.1) is 11.3 Å². The summed E-state index contributed by atoms with van der Waals surface area (Å²) in [5.74, 6) is -0.254. The minimum atomic E-state index is -0.981. The number of carbonyl (C=O) groups is 2. The van der Waals surface area contributed by atoms with Crippen molar-refractivity contribution in [3.63, 3.8) is 0 Å². The number of ether oxygens (including phenoxy) is 3. The standard InChI is InChI=1S/C36H37N5O5/c1-44-36(43)41-34(33(26-11-4-2-5-12-26)27-13-6-3-7-14-27)35(42)40-32-16-9-19-39-31(32)18-17-29-22-38-23-30(46-29)24-45-28-15-8-10-25(20-28)21-37/h2-16,19-20,29-30,33-34,38H,17-18,22-24H2,1H3,(H,40,42)(H,41,43)/t29-,30+,34+/m1/s1. The van der Waals surface area contributed by atoms with Crippen LogP contribution < -0.4 is 20.7 Å². The van der Waals surface area contributed by atoms with E-state index in [4.69, 9.17) is 19.5 Å². The van der Waals surface area contributed by atoms with Crippen LogP contribution in [0.5, 0.6) is 5.75 Å². The van der Waals surface area contributed by atoms with Gasteiger partial charge in [-0.3, -0.25) is 9.78 Å². The molecule has 3 N–H and O–H groups in total. The number of pyridine rings is 1. The molecule has 1 fully saturated rings. The molecule has 46 heavy (non-hydrogen) atoms. The molecule has 5 rings (SSSR count). The Hall–Kier alpha value is -5.24. The summed E-state index contributed by atoms with van der Waals surface area (Å²) in [5, 5.41) is 18.4. The topological polar surface area (TPSA) is 135 Å². The number of amides is 2. The number of morpholine rings is 1. The molecule has 236 valence electrons. The van der Waals surface area contributed by atoms with Gasteiger partial charge in [0.15, 0.2) is 0 Å². The molecule has 10 nitrogen and oxygen atoms in total. The summed E-state index contributed by atoms with van der Waals surface area (Å²) < 4.78 is 17.1. The van der Waals surface area contributed by atoms with Crippen LogP contribution in [0.25, 0.3) is 0 Å². The first-order valence-corrected chi connectivity index (χ1v) is 15.2. The molecule has 0 spiro atoms. The molecule has 1 aromatic heterocycles. The lowest BCUT2D eigenvalue weighted by Crippen LogP contribution is -2.48. The molecule has 3 aromatic carbocycles. The normalized spacial score (nSPS) is 16.5. The predicted octanol–water partition coefficient (Wildman–Crippen LogP) is 4.82. The highest BCUT2D eigenvalue weighted by atomic mass is 16.5. The summed E-state index contributed by atoms with van der Waals surface area (Å²) >= 11 is 0. The molecule has 0 bridgehead atoms. The van der Waals surface area contributed by atoms with Crippen molar-refractivity contribution in [2.24, 2.45) is 0 Å². The van der Waals surface area contributed by atoms with Gasteiger partial charge < -0.3 is 30.2 Å². The number of carbonyl (C=O) groups excluding carboxylic acids is 2. The maximum atomic E-state index is 14.0. The number of hydrogen-bond donors (Lipinski definition) is 3. The Morgan fingerprint density at radius 1 is 0.978 bits per heavy atom. The van der Waals surface area contributed by atoms with Gasteiger partial charge in [0.25, 0.3) is 0 Å². The fourth-order valence-electron chi connectivity index (χ4n) is 5.53. The highest BCUT2D eigenvalue weighted by Gasteiger charge is 2.33. The molecule has 3 atom stereocenters. The van der Waals surface area contributed by atoms with E-state index in [1.807, 2.05) is 66.7 Å². The molecule has 4 aromatic rings. The summed E-state index contributed by atoms with van der Waals surface area (Å²) in [6.07, 6.45) is 1.95. The lowest BCUT2D eigenvalue weighted by Gasteiger charge is -2.31. The van der Waals surface area contributed by atoms with E-state index >= 15 is 0 Å². The molecular weight excluding hydrogens is 582 g/mol. The number of nitriles is 1. The minimum Gasteiger partial charge on any atom is -0.491 e. The number of benzene rings is 3. The van der Waals surface area contributed by atoms with E-state index in [2.05, 4.69) is 27.0 Å². The second-order valence-corrected chi connectivity index (χ2v) is 10.9. The smallest absolute Gasteiger partial charge is 0.407 e. The average molecular weight is 620 g/mol. The van der Waals surface area contributed by atoms with Crippen LogP contribution in [0.1, 0.15) is 34.7 Å². The maximum Gasteiger partial charge on any atom is 0.407 e. The first-order chi connectivity index (χ1) is 22.5. The van der Waals surface area contributed by atoms with Crippen LogP contribution in [-0.4, -0.2) is 62.0 Å². The van der Waals surface area contributed by atoms with E-state index in [0.29, 0.717) is 55.2 Å². The first kappa shape index (κ1) is 32.2. The van der Waals surface area contributed by atoms with Crippen molar-refractivity contribution in [3.05, 3.63) is 126 Å². The second-order valence-electron chi connectivity index (χ2n) is 10.9. The summed E-state index contributed by atoms with van der Waals surface area (Å²) in [7, 11) is 1.27. The fourth-order valence-corrected chi connectivity index (χ4v) is 5.53. The molecule has 1 aliphatic rings. The van der Waals surface area contributed by atoms with E-state index in [1.165, 1.54) is 7.11 Å². The summed E-state index contributed by atoms with van der Waals surface area (Å²) in [6.45, 7) is 1.68. The average Bonchev–Trinajstić information content (AvgIpc) is 3.11. The Balaban J connectivity index is 1.27. The van der Waals surface area contributed by atoms with E-state index in [1.54, 1.807) is 36.5 Å². The highest BCUT2D eigenvalue weighted by molar-refractivity contribution is 5.98. The van der Waals surface area contributed by atoms with Crippen molar-refractivity contribution in [2.75, 3.05) is 32.1 Å². The van der Waals surface area contributed by atoms with Gasteiger partial charge in [-0.15, -0.1) is 0 Å². The Bertz CT molecular complexity index is 1590. The van der Waals surface area contributed by atoms with Gasteiger partial charge in [-0.05, 0) is 54.3 Å². The van der Waals surface area contributed by atoms with Crippen LogP contribution in [0.2, 0.25) is 0 Å². The maximum absolute atomic E-state index is 14.0. The van der Waals surface area contributed by atoms with Gasteiger partial charge in [-0.2, -0.15) is 5.26 Å². The monoisotopic (exact) mass is 619 g/mol. The number of methoxy groups -OCH3 is 1. The largest absolute Gasteiger partial charge is 0.491 e. The van der Waals surface area contributed by atoms with Crippen molar-refractivity contribution in [2.45, 2.75) is 37.0 Å². The zero-order chi connectivity index (χ0) is 32.1. The van der Waals surface area contributed by atoms with Crippen molar-refractivity contribution >= 4 is 17.7 Å². The molecule has 0 aliphatic carbocycles. The van der Waals surface area contributed by atoms with Gasteiger partial charge in [-0.25, -0.2) is 4.79 Å². The zero-order valence-corrected chi connectivity index (χ0v) is 25.6. The number of rotatable bonds is 12. The van der Waals surface area contributed by atoms with Gasteiger partial charge >= 0.3 is 6.09 Å². The number of nitrogens with one attached hydrogen (secondary N) is 3. The number of aromatic nitrogens is 1. The van der Waals surface area contributed by atoms with Crippen LogP contribution in [0.4, 0.5) is 10.5 Å². The van der Waals surface area contributed by atoms with Crippen LogP contribution in [0.15, 0.2) is 103 Å². The number of nitrogens with zero attached hydrogens (tertiary/aromatic N) is 2. The Morgan fingerprint density at radius 3 is 2.39 bits per heavy atom. The predicted molar refractivity (Wildman–Crippen MR) is 173 cm³/mol. The molecule has 1 saturated heterocycles. The molecule has 2 amide bonds. The SMILES string of the molecule is COC(=O)N[C@H](C(=O)Nc1cccnc1CC[C@@H]1CNC[C@@H](COc2cccc(C#N)c2)O1)C(c1ccccc1)c1ccccc1. The Labute approximate surface area is 268 Å². The molecule has 0 radical (unpaired) electrons. The van der Waals surface area contributed by atoms with E-state index in [9.17, 15) is 9.59 Å². The third-order valence-corrected chi connectivity index (χ3v) is 7.77. The molecule has 2 heterocycles. The molecule has 1 aliphatic heterocycles. The number of aryl methyl sites for hydroxylation is 1. The third-order valence-electron chi connectivity index (χ3n) is 7.77. The van der Waals surface area contributed by atoms with Crippen molar-refractivity contribution in [3.8, 4) is 11.8 Å². The van der Waals surface area contributed by atoms with E-state index in [0.717, 1.165) is 11.1 Å². The lowest BCUT2D eigenvalue weighted by atomic mass is 9.84. The molecule has 10 heteroatoms. The van der Waals surface area contributed by atoms with Gasteiger partial charge in [0.1, 0.15) is 24.5 Å². The third kappa shape index (κ3) is 8.69.